The van der Waals surface area contributed by atoms with Crippen LogP contribution < -0.4 is 5.32 Å². The fourth-order valence-electron chi connectivity index (χ4n) is 3.56. The standard InChI is InChI=1S/C18H29N/c1-3-5-12-18(15-19-14-4-2)13-8-10-16-9-6-7-11-17(16)18/h6-7,9,11,19H,3-5,8,10,12-15H2,1-2H3. The van der Waals surface area contributed by atoms with E-state index in [4.69, 9.17) is 0 Å². The van der Waals surface area contributed by atoms with Crippen LogP contribution in [-0.2, 0) is 11.8 Å². The summed E-state index contributed by atoms with van der Waals surface area (Å²) >= 11 is 0. The van der Waals surface area contributed by atoms with Crippen LogP contribution in [0.15, 0.2) is 24.3 Å². The summed E-state index contributed by atoms with van der Waals surface area (Å²) in [7, 11) is 0. The molecule has 2 rings (SSSR count). The van der Waals surface area contributed by atoms with Gasteiger partial charge in [0, 0.05) is 12.0 Å². The molecule has 1 heteroatoms. The van der Waals surface area contributed by atoms with Crippen molar-refractivity contribution in [1.82, 2.24) is 5.32 Å². The van der Waals surface area contributed by atoms with Crippen molar-refractivity contribution in [3.8, 4) is 0 Å². The van der Waals surface area contributed by atoms with E-state index in [0.717, 1.165) is 13.1 Å². The number of fused-ring (bicyclic) bond motifs is 1. The van der Waals surface area contributed by atoms with Crippen LogP contribution in [0.3, 0.4) is 0 Å². The van der Waals surface area contributed by atoms with Crippen molar-refractivity contribution < 1.29 is 0 Å². The third-order valence-electron chi connectivity index (χ3n) is 4.59. The van der Waals surface area contributed by atoms with Gasteiger partial charge in [-0.15, -0.1) is 0 Å². The minimum atomic E-state index is 0.403. The summed E-state index contributed by atoms with van der Waals surface area (Å²) in [5.74, 6) is 0. The fourth-order valence-corrected chi connectivity index (χ4v) is 3.56. The molecule has 0 fully saturated rings. The Morgan fingerprint density at radius 1 is 1.16 bits per heavy atom. The average molecular weight is 259 g/mol. The lowest BCUT2D eigenvalue weighted by Crippen LogP contribution is -2.41. The first-order valence-electron chi connectivity index (χ1n) is 8.11. The Balaban J connectivity index is 2.22. The van der Waals surface area contributed by atoms with Crippen LogP contribution in [0.25, 0.3) is 0 Å². The van der Waals surface area contributed by atoms with Crippen LogP contribution in [0.4, 0.5) is 0 Å². The highest BCUT2D eigenvalue weighted by atomic mass is 14.9. The molecule has 0 radical (unpaired) electrons. The Morgan fingerprint density at radius 2 is 2.00 bits per heavy atom. The molecule has 1 unspecified atom stereocenters. The molecule has 0 saturated carbocycles. The van der Waals surface area contributed by atoms with E-state index in [1.165, 1.54) is 44.9 Å². The summed E-state index contributed by atoms with van der Waals surface area (Å²) in [6.07, 6.45) is 9.22. The quantitative estimate of drug-likeness (QED) is 0.713. The van der Waals surface area contributed by atoms with Crippen LogP contribution in [0.2, 0.25) is 0 Å². The molecule has 0 spiro atoms. The van der Waals surface area contributed by atoms with Crippen molar-refractivity contribution in [2.45, 2.75) is 64.2 Å². The van der Waals surface area contributed by atoms with Crippen LogP contribution in [0, 0.1) is 0 Å². The summed E-state index contributed by atoms with van der Waals surface area (Å²) < 4.78 is 0. The average Bonchev–Trinajstić information content (AvgIpc) is 2.46. The number of hydrogen-bond donors (Lipinski definition) is 1. The highest BCUT2D eigenvalue weighted by Gasteiger charge is 2.35. The summed E-state index contributed by atoms with van der Waals surface area (Å²) in [6.45, 7) is 6.87. The maximum Gasteiger partial charge on any atom is 0.00806 e. The van der Waals surface area contributed by atoms with Crippen molar-refractivity contribution in [3.63, 3.8) is 0 Å². The third-order valence-corrected chi connectivity index (χ3v) is 4.59. The Labute approximate surface area is 118 Å². The second kappa shape index (κ2) is 7.09. The minimum absolute atomic E-state index is 0.403. The highest BCUT2D eigenvalue weighted by Crippen LogP contribution is 2.40. The molecule has 0 bridgehead atoms. The zero-order valence-corrected chi connectivity index (χ0v) is 12.7. The summed E-state index contributed by atoms with van der Waals surface area (Å²) in [5, 5.41) is 3.70. The monoisotopic (exact) mass is 259 g/mol. The lowest BCUT2D eigenvalue weighted by atomic mass is 9.67. The molecule has 0 amide bonds. The van der Waals surface area contributed by atoms with Crippen LogP contribution >= 0.6 is 0 Å². The minimum Gasteiger partial charge on any atom is -0.316 e. The van der Waals surface area contributed by atoms with Crippen LogP contribution in [0.1, 0.15) is 63.5 Å². The number of aryl methyl sites for hydroxylation is 1. The molecule has 1 atom stereocenters. The van der Waals surface area contributed by atoms with Crippen molar-refractivity contribution in [1.29, 1.82) is 0 Å². The Hall–Kier alpha value is -0.820. The molecule has 1 aromatic rings. The zero-order valence-electron chi connectivity index (χ0n) is 12.7. The van der Waals surface area contributed by atoms with Gasteiger partial charge >= 0.3 is 0 Å². The van der Waals surface area contributed by atoms with Gasteiger partial charge in [0.25, 0.3) is 0 Å². The Morgan fingerprint density at radius 3 is 2.79 bits per heavy atom. The van der Waals surface area contributed by atoms with E-state index in [1.807, 2.05) is 0 Å². The van der Waals surface area contributed by atoms with Crippen LogP contribution in [-0.4, -0.2) is 13.1 Å². The first-order chi connectivity index (χ1) is 9.32. The molecule has 1 nitrogen and oxygen atoms in total. The van der Waals surface area contributed by atoms with Gasteiger partial charge in [0.1, 0.15) is 0 Å². The molecular weight excluding hydrogens is 230 g/mol. The van der Waals surface area contributed by atoms with E-state index < -0.39 is 0 Å². The van der Waals surface area contributed by atoms with E-state index in [2.05, 4.69) is 43.4 Å². The third kappa shape index (κ3) is 3.39. The molecular formula is C18H29N. The second-order valence-electron chi connectivity index (χ2n) is 6.07. The molecule has 19 heavy (non-hydrogen) atoms. The van der Waals surface area contributed by atoms with E-state index in [9.17, 15) is 0 Å². The van der Waals surface area contributed by atoms with Gasteiger partial charge in [0.15, 0.2) is 0 Å². The van der Waals surface area contributed by atoms with Gasteiger partial charge < -0.3 is 5.32 Å². The van der Waals surface area contributed by atoms with Gasteiger partial charge in [-0.25, -0.2) is 0 Å². The SMILES string of the molecule is CCCCC1(CNCCC)CCCc2ccccc21. The zero-order chi connectivity index (χ0) is 13.6. The van der Waals surface area contributed by atoms with Crippen molar-refractivity contribution in [2.75, 3.05) is 13.1 Å². The maximum atomic E-state index is 3.70. The van der Waals surface area contributed by atoms with Gasteiger partial charge in [-0.2, -0.15) is 0 Å². The number of hydrogen-bond acceptors (Lipinski definition) is 1. The number of unbranched alkanes of at least 4 members (excludes halogenated alkanes) is 1. The predicted octanol–water partition coefficient (Wildman–Crippen LogP) is 4.45. The summed E-state index contributed by atoms with van der Waals surface area (Å²) in [4.78, 5) is 0. The van der Waals surface area contributed by atoms with Gasteiger partial charge in [-0.3, -0.25) is 0 Å². The first-order valence-corrected chi connectivity index (χ1v) is 8.11. The van der Waals surface area contributed by atoms with Gasteiger partial charge in [0.05, 0.1) is 0 Å². The highest BCUT2D eigenvalue weighted by molar-refractivity contribution is 5.37. The van der Waals surface area contributed by atoms with Gasteiger partial charge in [-0.1, -0.05) is 51.0 Å². The van der Waals surface area contributed by atoms with E-state index >= 15 is 0 Å². The maximum absolute atomic E-state index is 3.70. The largest absolute Gasteiger partial charge is 0.316 e. The molecule has 106 valence electrons. The van der Waals surface area contributed by atoms with E-state index in [-0.39, 0.29) is 0 Å². The second-order valence-corrected chi connectivity index (χ2v) is 6.07. The van der Waals surface area contributed by atoms with Gasteiger partial charge in [-0.05, 0) is 49.8 Å². The smallest absolute Gasteiger partial charge is 0.00806 e. The van der Waals surface area contributed by atoms with Crippen molar-refractivity contribution >= 4 is 0 Å². The predicted molar refractivity (Wildman–Crippen MR) is 83.7 cm³/mol. The van der Waals surface area contributed by atoms with Crippen molar-refractivity contribution in [2.24, 2.45) is 0 Å². The van der Waals surface area contributed by atoms with Gasteiger partial charge in [0.2, 0.25) is 0 Å². The fraction of sp³-hybridized carbons (Fsp3) is 0.667. The number of benzene rings is 1. The molecule has 0 aromatic heterocycles. The topological polar surface area (TPSA) is 12.0 Å². The lowest BCUT2D eigenvalue weighted by Gasteiger charge is -2.40. The Bertz CT molecular complexity index is 385. The summed E-state index contributed by atoms with van der Waals surface area (Å²) in [5.41, 5.74) is 3.64. The van der Waals surface area contributed by atoms with E-state index in [1.54, 1.807) is 11.1 Å². The molecule has 0 heterocycles. The molecule has 1 N–H and O–H groups in total. The lowest BCUT2D eigenvalue weighted by molar-refractivity contribution is 0.308. The first kappa shape index (κ1) is 14.6. The summed E-state index contributed by atoms with van der Waals surface area (Å²) in [6, 6.07) is 9.16. The number of rotatable bonds is 7. The molecule has 1 aliphatic rings. The van der Waals surface area contributed by atoms with E-state index in [0.29, 0.717) is 5.41 Å². The molecule has 1 aromatic carbocycles. The molecule has 1 aliphatic carbocycles. The number of nitrogens with one attached hydrogen (secondary N) is 1. The Kier molecular flexibility index (Phi) is 5.45. The molecule has 0 saturated heterocycles. The normalized spacial score (nSPS) is 22.2. The van der Waals surface area contributed by atoms with Crippen LogP contribution in [0.5, 0.6) is 0 Å². The molecule has 0 aliphatic heterocycles. The van der Waals surface area contributed by atoms with Crippen molar-refractivity contribution in [3.05, 3.63) is 35.4 Å².